The Morgan fingerprint density at radius 3 is 2.57 bits per heavy atom. The van der Waals surface area contributed by atoms with E-state index in [9.17, 15) is 4.39 Å². The molecule has 21 heavy (non-hydrogen) atoms. The molecule has 0 saturated heterocycles. The van der Waals surface area contributed by atoms with Gasteiger partial charge in [-0.3, -0.25) is 0 Å². The minimum absolute atomic E-state index is 0.211. The number of methoxy groups -OCH3 is 2. The van der Waals surface area contributed by atoms with Gasteiger partial charge in [0.15, 0.2) is 11.6 Å². The highest BCUT2D eigenvalue weighted by Crippen LogP contribution is 2.37. The molecule has 0 heterocycles. The SMILES string of the molecule is COc1cccc(CC(N)C2(OC)CCC(C)CC2)c1F. The van der Waals surface area contributed by atoms with Crippen molar-refractivity contribution >= 4 is 0 Å². The lowest BCUT2D eigenvalue weighted by Crippen LogP contribution is -2.52. The molecule has 1 aromatic carbocycles. The van der Waals surface area contributed by atoms with Gasteiger partial charge in [-0.05, 0) is 49.7 Å². The van der Waals surface area contributed by atoms with E-state index in [4.69, 9.17) is 15.2 Å². The first kappa shape index (κ1) is 16.2. The topological polar surface area (TPSA) is 44.5 Å². The normalized spacial score (nSPS) is 27.4. The van der Waals surface area contributed by atoms with Gasteiger partial charge in [0, 0.05) is 13.2 Å². The molecular formula is C17H26FNO2. The predicted octanol–water partition coefficient (Wildman–Crippen LogP) is 3.30. The summed E-state index contributed by atoms with van der Waals surface area (Å²) < 4.78 is 25.1. The number of ether oxygens (including phenoxy) is 2. The summed E-state index contributed by atoms with van der Waals surface area (Å²) in [5.41, 5.74) is 6.66. The molecule has 1 unspecified atom stereocenters. The maximum Gasteiger partial charge on any atom is 0.168 e. The van der Waals surface area contributed by atoms with Crippen LogP contribution < -0.4 is 10.5 Å². The van der Waals surface area contributed by atoms with E-state index in [1.807, 2.05) is 0 Å². The first-order valence-electron chi connectivity index (χ1n) is 7.64. The molecular weight excluding hydrogens is 269 g/mol. The van der Waals surface area contributed by atoms with Gasteiger partial charge in [-0.1, -0.05) is 19.1 Å². The highest BCUT2D eigenvalue weighted by Gasteiger charge is 2.39. The van der Waals surface area contributed by atoms with Crippen molar-refractivity contribution in [2.75, 3.05) is 14.2 Å². The summed E-state index contributed by atoms with van der Waals surface area (Å²) in [5.74, 6) is 0.670. The molecule has 1 atom stereocenters. The Labute approximate surface area is 126 Å². The number of hydrogen-bond acceptors (Lipinski definition) is 3. The smallest absolute Gasteiger partial charge is 0.168 e. The quantitative estimate of drug-likeness (QED) is 0.906. The fraction of sp³-hybridized carbons (Fsp3) is 0.647. The fourth-order valence-corrected chi connectivity index (χ4v) is 3.27. The molecule has 1 aliphatic rings. The van der Waals surface area contributed by atoms with Crippen molar-refractivity contribution in [2.24, 2.45) is 11.7 Å². The van der Waals surface area contributed by atoms with Crippen LogP contribution in [0.4, 0.5) is 4.39 Å². The molecule has 0 aliphatic heterocycles. The maximum absolute atomic E-state index is 14.3. The predicted molar refractivity (Wildman–Crippen MR) is 82.0 cm³/mol. The third-order valence-corrected chi connectivity index (χ3v) is 4.91. The second kappa shape index (κ2) is 6.75. The van der Waals surface area contributed by atoms with E-state index < -0.39 is 0 Å². The molecule has 0 bridgehead atoms. The second-order valence-electron chi connectivity index (χ2n) is 6.20. The van der Waals surface area contributed by atoms with Crippen molar-refractivity contribution < 1.29 is 13.9 Å². The van der Waals surface area contributed by atoms with Gasteiger partial charge in [-0.25, -0.2) is 4.39 Å². The lowest BCUT2D eigenvalue weighted by atomic mass is 9.74. The first-order valence-corrected chi connectivity index (χ1v) is 7.64. The summed E-state index contributed by atoms with van der Waals surface area (Å²) in [6.07, 6.45) is 4.57. The van der Waals surface area contributed by atoms with Gasteiger partial charge in [0.2, 0.25) is 0 Å². The summed E-state index contributed by atoms with van der Waals surface area (Å²) >= 11 is 0. The Bertz CT molecular complexity index is 470. The van der Waals surface area contributed by atoms with Crippen LogP contribution in [0.5, 0.6) is 5.75 Å². The van der Waals surface area contributed by atoms with E-state index in [0.717, 1.165) is 25.7 Å². The van der Waals surface area contributed by atoms with Crippen molar-refractivity contribution in [1.82, 2.24) is 0 Å². The van der Waals surface area contributed by atoms with E-state index in [1.54, 1.807) is 25.3 Å². The average molecular weight is 295 g/mol. The molecule has 2 N–H and O–H groups in total. The highest BCUT2D eigenvalue weighted by molar-refractivity contribution is 5.32. The summed E-state index contributed by atoms with van der Waals surface area (Å²) in [5, 5.41) is 0. The van der Waals surface area contributed by atoms with Crippen LogP contribution in [-0.2, 0) is 11.2 Å². The molecule has 0 radical (unpaired) electrons. The molecule has 3 nitrogen and oxygen atoms in total. The van der Waals surface area contributed by atoms with Crippen LogP contribution in [-0.4, -0.2) is 25.9 Å². The fourth-order valence-electron chi connectivity index (χ4n) is 3.27. The standard InChI is InChI=1S/C17H26FNO2/c1-12-7-9-17(21-3,10-8-12)15(19)11-13-5-4-6-14(20-2)16(13)18/h4-6,12,15H,7-11,19H2,1-3H3. The van der Waals surface area contributed by atoms with Crippen LogP contribution in [0, 0.1) is 11.7 Å². The Morgan fingerprint density at radius 2 is 2.00 bits per heavy atom. The Hall–Kier alpha value is -1.13. The zero-order valence-electron chi connectivity index (χ0n) is 13.2. The largest absolute Gasteiger partial charge is 0.494 e. The Morgan fingerprint density at radius 1 is 1.33 bits per heavy atom. The van der Waals surface area contributed by atoms with Crippen LogP contribution in [0.3, 0.4) is 0 Å². The molecule has 0 amide bonds. The number of hydrogen-bond donors (Lipinski definition) is 1. The zero-order valence-corrected chi connectivity index (χ0v) is 13.2. The summed E-state index contributed by atoms with van der Waals surface area (Å²) in [6, 6.07) is 4.98. The first-order chi connectivity index (χ1) is 10.0. The van der Waals surface area contributed by atoms with Crippen LogP contribution in [0.2, 0.25) is 0 Å². The van der Waals surface area contributed by atoms with Crippen molar-refractivity contribution in [3.63, 3.8) is 0 Å². The monoisotopic (exact) mass is 295 g/mol. The summed E-state index contributed by atoms with van der Waals surface area (Å²) in [7, 11) is 3.19. The van der Waals surface area contributed by atoms with Gasteiger partial charge in [-0.15, -0.1) is 0 Å². The van der Waals surface area contributed by atoms with E-state index in [-0.39, 0.29) is 23.2 Å². The molecule has 0 spiro atoms. The molecule has 1 aliphatic carbocycles. The van der Waals surface area contributed by atoms with E-state index >= 15 is 0 Å². The average Bonchev–Trinajstić information content (AvgIpc) is 2.50. The highest BCUT2D eigenvalue weighted by atomic mass is 19.1. The van der Waals surface area contributed by atoms with Crippen molar-refractivity contribution in [3.05, 3.63) is 29.6 Å². The minimum Gasteiger partial charge on any atom is -0.494 e. The lowest BCUT2D eigenvalue weighted by Gasteiger charge is -2.42. The van der Waals surface area contributed by atoms with Crippen molar-refractivity contribution in [1.29, 1.82) is 0 Å². The van der Waals surface area contributed by atoms with Gasteiger partial charge >= 0.3 is 0 Å². The van der Waals surface area contributed by atoms with Crippen molar-refractivity contribution in [3.8, 4) is 5.75 Å². The Balaban J connectivity index is 2.14. The zero-order chi connectivity index (χ0) is 15.5. The third kappa shape index (κ3) is 3.38. The Kier molecular flexibility index (Phi) is 5.22. The maximum atomic E-state index is 14.3. The molecule has 1 aromatic rings. The van der Waals surface area contributed by atoms with Crippen LogP contribution in [0.25, 0.3) is 0 Å². The molecule has 0 aromatic heterocycles. The number of benzene rings is 1. The second-order valence-corrected chi connectivity index (χ2v) is 6.20. The van der Waals surface area contributed by atoms with Gasteiger partial charge in [0.25, 0.3) is 0 Å². The van der Waals surface area contributed by atoms with Crippen LogP contribution in [0.1, 0.15) is 38.2 Å². The lowest BCUT2D eigenvalue weighted by molar-refractivity contribution is -0.0660. The number of nitrogens with two attached hydrogens (primary N) is 1. The van der Waals surface area contributed by atoms with Gasteiger partial charge in [-0.2, -0.15) is 0 Å². The number of halogens is 1. The van der Waals surface area contributed by atoms with Gasteiger partial charge < -0.3 is 15.2 Å². The van der Waals surface area contributed by atoms with E-state index in [0.29, 0.717) is 17.9 Å². The van der Waals surface area contributed by atoms with Crippen molar-refractivity contribution in [2.45, 2.75) is 50.7 Å². The molecule has 2 rings (SSSR count). The molecule has 118 valence electrons. The van der Waals surface area contributed by atoms with E-state index in [2.05, 4.69) is 6.92 Å². The summed E-state index contributed by atoms with van der Waals surface area (Å²) in [6.45, 7) is 2.26. The van der Waals surface area contributed by atoms with Gasteiger partial charge in [0.1, 0.15) is 0 Å². The van der Waals surface area contributed by atoms with E-state index in [1.165, 1.54) is 7.11 Å². The molecule has 1 fully saturated rings. The van der Waals surface area contributed by atoms with Gasteiger partial charge in [0.05, 0.1) is 12.7 Å². The van der Waals surface area contributed by atoms with Crippen LogP contribution in [0.15, 0.2) is 18.2 Å². The summed E-state index contributed by atoms with van der Waals surface area (Å²) in [4.78, 5) is 0. The molecule has 1 saturated carbocycles. The minimum atomic E-state index is -0.331. The molecule has 4 heteroatoms. The van der Waals surface area contributed by atoms with Crippen LogP contribution >= 0.6 is 0 Å². The third-order valence-electron chi connectivity index (χ3n) is 4.91. The number of rotatable bonds is 5.